The van der Waals surface area contributed by atoms with Crippen LogP contribution in [0.5, 0.6) is 0 Å². The maximum atomic E-state index is 5.33. The van der Waals surface area contributed by atoms with Crippen LogP contribution in [0.1, 0.15) is 100 Å². The second-order valence-corrected chi connectivity index (χ2v) is 9.97. The molecule has 4 rings (SSSR count). The Morgan fingerprint density at radius 2 is 1.04 bits per heavy atom. The predicted octanol–water partition coefficient (Wildman–Crippen LogP) is 6.92. The molecule has 2 aromatic rings. The first kappa shape index (κ1) is 19.0. The number of aromatic nitrogens is 2. The molecule has 0 radical (unpaired) electrons. The molecular formula is C24H36N2O. The van der Waals surface area contributed by atoms with Crippen molar-refractivity contribution in [2.24, 2.45) is 23.7 Å². The van der Waals surface area contributed by atoms with E-state index in [1.165, 1.54) is 60.8 Å². The SMILES string of the molecule is Cc1c(C)c(C2CCC(C)C(C)C2)c2nonc2c1C1CCC(C)C(C)C1. The number of hydrogen-bond donors (Lipinski definition) is 0. The maximum absolute atomic E-state index is 5.33. The Morgan fingerprint density at radius 3 is 1.41 bits per heavy atom. The lowest BCUT2D eigenvalue weighted by atomic mass is 9.69. The van der Waals surface area contributed by atoms with E-state index in [0.29, 0.717) is 11.8 Å². The van der Waals surface area contributed by atoms with Gasteiger partial charge in [-0.25, -0.2) is 4.63 Å². The van der Waals surface area contributed by atoms with Crippen molar-refractivity contribution in [1.29, 1.82) is 0 Å². The van der Waals surface area contributed by atoms with Crippen LogP contribution in [0, 0.1) is 37.5 Å². The third-order valence-electron chi connectivity index (χ3n) is 8.38. The first-order chi connectivity index (χ1) is 12.9. The summed E-state index contributed by atoms with van der Waals surface area (Å²) >= 11 is 0. The van der Waals surface area contributed by atoms with Gasteiger partial charge in [0.2, 0.25) is 0 Å². The third-order valence-corrected chi connectivity index (χ3v) is 8.38. The minimum absolute atomic E-state index is 0.601. The normalized spacial score (nSPS) is 34.9. The van der Waals surface area contributed by atoms with Gasteiger partial charge in [-0.3, -0.25) is 0 Å². The summed E-state index contributed by atoms with van der Waals surface area (Å²) in [6.07, 6.45) is 7.70. The number of nitrogens with zero attached hydrogens (tertiary/aromatic N) is 2. The van der Waals surface area contributed by atoms with E-state index < -0.39 is 0 Å². The molecule has 148 valence electrons. The van der Waals surface area contributed by atoms with E-state index in [-0.39, 0.29) is 0 Å². The molecule has 2 aliphatic rings. The first-order valence-corrected chi connectivity index (χ1v) is 11.1. The molecule has 6 atom stereocenters. The Hall–Kier alpha value is -1.38. The summed E-state index contributed by atoms with van der Waals surface area (Å²) in [5.41, 5.74) is 7.89. The van der Waals surface area contributed by atoms with Gasteiger partial charge in [-0.05, 0) is 120 Å². The van der Waals surface area contributed by atoms with Crippen molar-refractivity contribution >= 4 is 11.0 Å². The second-order valence-electron chi connectivity index (χ2n) is 9.97. The van der Waals surface area contributed by atoms with Gasteiger partial charge in [0.15, 0.2) is 0 Å². The molecule has 0 bridgehead atoms. The lowest BCUT2D eigenvalue weighted by Crippen LogP contribution is -2.22. The van der Waals surface area contributed by atoms with Crippen LogP contribution < -0.4 is 0 Å². The molecule has 0 spiro atoms. The second kappa shape index (κ2) is 7.22. The highest BCUT2D eigenvalue weighted by Gasteiger charge is 2.34. The van der Waals surface area contributed by atoms with Crippen molar-refractivity contribution < 1.29 is 4.63 Å². The summed E-state index contributed by atoms with van der Waals surface area (Å²) in [5.74, 6) is 4.42. The lowest BCUT2D eigenvalue weighted by Gasteiger charge is -2.35. The van der Waals surface area contributed by atoms with Gasteiger partial charge in [-0.15, -0.1) is 0 Å². The van der Waals surface area contributed by atoms with Gasteiger partial charge in [0.1, 0.15) is 11.0 Å². The fourth-order valence-corrected chi connectivity index (χ4v) is 5.92. The van der Waals surface area contributed by atoms with E-state index in [1.54, 1.807) is 0 Å². The molecule has 6 unspecified atom stereocenters. The molecule has 0 N–H and O–H groups in total. The molecule has 27 heavy (non-hydrogen) atoms. The Bertz CT molecular complexity index is 757. The van der Waals surface area contributed by atoms with Crippen molar-refractivity contribution in [1.82, 2.24) is 10.3 Å². The molecule has 1 heterocycles. The smallest absolute Gasteiger partial charge is 0.139 e. The van der Waals surface area contributed by atoms with Crippen LogP contribution in [-0.4, -0.2) is 10.3 Å². The zero-order chi connectivity index (χ0) is 19.3. The molecule has 2 saturated carbocycles. The van der Waals surface area contributed by atoms with Gasteiger partial charge in [-0.1, -0.05) is 27.7 Å². The quantitative estimate of drug-likeness (QED) is 0.577. The molecule has 2 aliphatic carbocycles. The average molecular weight is 369 g/mol. The van der Waals surface area contributed by atoms with Gasteiger partial charge in [0.05, 0.1) is 0 Å². The fourth-order valence-electron chi connectivity index (χ4n) is 5.92. The summed E-state index contributed by atoms with van der Waals surface area (Å²) < 4.78 is 5.33. The van der Waals surface area contributed by atoms with Gasteiger partial charge in [0, 0.05) is 0 Å². The first-order valence-electron chi connectivity index (χ1n) is 11.1. The molecule has 0 saturated heterocycles. The van der Waals surface area contributed by atoms with Gasteiger partial charge in [-0.2, -0.15) is 0 Å². The van der Waals surface area contributed by atoms with E-state index in [9.17, 15) is 0 Å². The van der Waals surface area contributed by atoms with Crippen molar-refractivity contribution in [3.63, 3.8) is 0 Å². The molecule has 2 fully saturated rings. The predicted molar refractivity (Wildman–Crippen MR) is 111 cm³/mol. The Balaban J connectivity index is 1.78. The highest BCUT2D eigenvalue weighted by molar-refractivity contribution is 5.85. The fraction of sp³-hybridized carbons (Fsp3) is 0.750. The van der Waals surface area contributed by atoms with Crippen molar-refractivity contribution in [3.8, 4) is 0 Å². The summed E-state index contributed by atoms with van der Waals surface area (Å²) in [6.45, 7) is 14.3. The highest BCUT2D eigenvalue weighted by atomic mass is 16.6. The van der Waals surface area contributed by atoms with Crippen LogP contribution in [-0.2, 0) is 0 Å². The van der Waals surface area contributed by atoms with Crippen LogP contribution in [0.2, 0.25) is 0 Å². The van der Waals surface area contributed by atoms with Gasteiger partial charge < -0.3 is 0 Å². The van der Waals surface area contributed by atoms with Crippen molar-refractivity contribution in [2.45, 2.75) is 91.9 Å². The molecule has 1 aromatic heterocycles. The van der Waals surface area contributed by atoms with E-state index >= 15 is 0 Å². The number of hydrogen-bond acceptors (Lipinski definition) is 3. The van der Waals surface area contributed by atoms with Crippen LogP contribution in [0.4, 0.5) is 0 Å². The van der Waals surface area contributed by atoms with Crippen molar-refractivity contribution in [3.05, 3.63) is 22.3 Å². The zero-order valence-electron chi connectivity index (χ0n) is 18.0. The topological polar surface area (TPSA) is 38.9 Å². The summed E-state index contributed by atoms with van der Waals surface area (Å²) in [6, 6.07) is 0. The summed E-state index contributed by atoms with van der Waals surface area (Å²) in [7, 11) is 0. The number of fused-ring (bicyclic) bond motifs is 1. The molecular weight excluding hydrogens is 332 g/mol. The zero-order valence-corrected chi connectivity index (χ0v) is 18.0. The maximum Gasteiger partial charge on any atom is 0.139 e. The Morgan fingerprint density at radius 1 is 0.630 bits per heavy atom. The largest absolute Gasteiger partial charge is 0.243 e. The number of benzene rings is 1. The van der Waals surface area contributed by atoms with E-state index in [0.717, 1.165) is 34.7 Å². The molecule has 0 aliphatic heterocycles. The van der Waals surface area contributed by atoms with Crippen LogP contribution in [0.25, 0.3) is 11.0 Å². The van der Waals surface area contributed by atoms with E-state index in [2.05, 4.69) is 51.9 Å². The summed E-state index contributed by atoms with van der Waals surface area (Å²) in [4.78, 5) is 0. The van der Waals surface area contributed by atoms with Crippen molar-refractivity contribution in [2.75, 3.05) is 0 Å². The number of rotatable bonds is 2. The monoisotopic (exact) mass is 368 g/mol. The van der Waals surface area contributed by atoms with Gasteiger partial charge in [0.25, 0.3) is 0 Å². The molecule has 3 heteroatoms. The van der Waals surface area contributed by atoms with Crippen LogP contribution in [0.15, 0.2) is 4.63 Å². The van der Waals surface area contributed by atoms with Gasteiger partial charge >= 0.3 is 0 Å². The standard InChI is InChI=1S/C24H36N2O/c1-13-7-9-19(11-15(13)3)21-17(5)18(6)22(24-23(21)25-27-26-24)20-10-8-14(2)16(4)12-20/h13-16,19-20H,7-12H2,1-6H3. The Labute approximate surface area is 164 Å². The Kier molecular flexibility index (Phi) is 5.07. The van der Waals surface area contributed by atoms with E-state index in [4.69, 9.17) is 4.63 Å². The van der Waals surface area contributed by atoms with Crippen LogP contribution >= 0.6 is 0 Å². The molecule has 3 nitrogen and oxygen atoms in total. The molecule has 1 aromatic carbocycles. The summed E-state index contributed by atoms with van der Waals surface area (Å²) in [5, 5.41) is 8.89. The van der Waals surface area contributed by atoms with E-state index in [1.807, 2.05) is 0 Å². The minimum atomic E-state index is 0.601. The average Bonchev–Trinajstić information content (AvgIpc) is 3.10. The minimum Gasteiger partial charge on any atom is -0.243 e. The highest BCUT2D eigenvalue weighted by Crippen LogP contribution is 2.47. The lowest BCUT2D eigenvalue weighted by molar-refractivity contribution is 0.249. The van der Waals surface area contributed by atoms with Crippen LogP contribution in [0.3, 0.4) is 0 Å². The third kappa shape index (κ3) is 3.21. The molecule has 0 amide bonds.